The zero-order valence-corrected chi connectivity index (χ0v) is 8.15. The normalized spacial score (nSPS) is 11.4. The lowest BCUT2D eigenvalue weighted by atomic mass is 10.3. The minimum Gasteiger partial charge on any atom is -0.259 e. The molecule has 1 aromatic carbocycles. The molecule has 0 spiro atoms. The van der Waals surface area contributed by atoms with Crippen molar-refractivity contribution in [2.45, 2.75) is 0 Å². The second kappa shape index (κ2) is 2.40. The van der Waals surface area contributed by atoms with Crippen molar-refractivity contribution in [3.8, 4) is 0 Å². The number of aromatic nitrogens is 3. The van der Waals surface area contributed by atoms with Crippen molar-refractivity contribution < 1.29 is 0 Å². The molecule has 0 saturated carbocycles. The molecule has 2 heterocycles. The van der Waals surface area contributed by atoms with Crippen LogP contribution in [0.1, 0.15) is 0 Å². The maximum atomic E-state index is 5.12. The van der Waals surface area contributed by atoms with E-state index in [0.29, 0.717) is 4.77 Å². The number of benzene rings is 1. The molecule has 0 aliphatic carbocycles. The van der Waals surface area contributed by atoms with E-state index in [1.807, 2.05) is 22.6 Å². The molecular formula is C8H5N3S2. The molecule has 0 radical (unpaired) electrons. The Labute approximate surface area is 82.6 Å². The summed E-state index contributed by atoms with van der Waals surface area (Å²) in [6, 6.07) is 8.14. The molecule has 0 aliphatic rings. The smallest absolute Gasteiger partial charge is 0.215 e. The van der Waals surface area contributed by atoms with Gasteiger partial charge in [-0.05, 0) is 24.4 Å². The molecule has 13 heavy (non-hydrogen) atoms. The summed E-state index contributed by atoms with van der Waals surface area (Å²) in [5, 5.41) is 6.89. The molecule has 2 aromatic heterocycles. The highest BCUT2D eigenvalue weighted by Crippen LogP contribution is 2.24. The Bertz CT molecular complexity index is 631. The molecule has 64 valence electrons. The molecule has 0 saturated heterocycles. The van der Waals surface area contributed by atoms with Crippen molar-refractivity contribution in [1.29, 1.82) is 0 Å². The molecule has 3 rings (SSSR count). The Kier molecular flexibility index (Phi) is 1.33. The van der Waals surface area contributed by atoms with E-state index in [9.17, 15) is 0 Å². The molecular weight excluding hydrogens is 202 g/mol. The van der Waals surface area contributed by atoms with Gasteiger partial charge in [0.1, 0.15) is 0 Å². The second-order valence-corrected chi connectivity index (χ2v) is 4.11. The fourth-order valence-electron chi connectivity index (χ4n) is 1.39. The van der Waals surface area contributed by atoms with Gasteiger partial charge in [0.25, 0.3) is 0 Å². The standard InChI is InChI=1S/C8H5N3S2/c12-7-9-10-8-11(7)5-3-1-2-4-6(5)13-8/h1-4H,(H,9,12). The Balaban J connectivity index is 2.75. The van der Waals surface area contributed by atoms with Gasteiger partial charge in [0.05, 0.1) is 10.2 Å². The van der Waals surface area contributed by atoms with Crippen LogP contribution in [0.15, 0.2) is 24.3 Å². The van der Waals surface area contributed by atoms with E-state index in [-0.39, 0.29) is 0 Å². The molecule has 0 unspecified atom stereocenters. The van der Waals surface area contributed by atoms with Crippen LogP contribution in [0.2, 0.25) is 0 Å². The predicted molar refractivity (Wildman–Crippen MR) is 55.8 cm³/mol. The van der Waals surface area contributed by atoms with Gasteiger partial charge in [0.15, 0.2) is 0 Å². The minimum absolute atomic E-state index is 0.660. The largest absolute Gasteiger partial charge is 0.259 e. The Morgan fingerprint density at radius 3 is 3.15 bits per heavy atom. The van der Waals surface area contributed by atoms with Gasteiger partial charge in [0.2, 0.25) is 9.73 Å². The van der Waals surface area contributed by atoms with Crippen molar-refractivity contribution in [3.63, 3.8) is 0 Å². The quantitative estimate of drug-likeness (QED) is 0.575. The van der Waals surface area contributed by atoms with Crippen LogP contribution in [0.5, 0.6) is 0 Å². The lowest BCUT2D eigenvalue weighted by Crippen LogP contribution is -1.78. The van der Waals surface area contributed by atoms with Crippen molar-refractivity contribution in [3.05, 3.63) is 29.0 Å². The number of para-hydroxylation sites is 1. The first kappa shape index (κ1) is 7.23. The fraction of sp³-hybridized carbons (Fsp3) is 0. The minimum atomic E-state index is 0.660. The van der Waals surface area contributed by atoms with E-state index in [2.05, 4.69) is 16.3 Å². The number of thiazole rings is 1. The molecule has 0 fully saturated rings. The van der Waals surface area contributed by atoms with E-state index in [4.69, 9.17) is 12.2 Å². The van der Waals surface area contributed by atoms with E-state index in [1.165, 1.54) is 4.70 Å². The monoisotopic (exact) mass is 207 g/mol. The van der Waals surface area contributed by atoms with Gasteiger partial charge < -0.3 is 0 Å². The fourth-order valence-corrected chi connectivity index (χ4v) is 2.66. The van der Waals surface area contributed by atoms with Crippen molar-refractivity contribution in [2.24, 2.45) is 0 Å². The summed E-state index contributed by atoms with van der Waals surface area (Å²) >= 11 is 6.76. The average Bonchev–Trinajstić information content (AvgIpc) is 2.66. The zero-order valence-electron chi connectivity index (χ0n) is 6.52. The van der Waals surface area contributed by atoms with Crippen molar-refractivity contribution >= 4 is 38.7 Å². The number of H-pyrrole nitrogens is 1. The third-order valence-electron chi connectivity index (χ3n) is 1.95. The lowest BCUT2D eigenvalue weighted by molar-refractivity contribution is 1.09. The molecule has 0 atom stereocenters. The number of nitrogens with zero attached hydrogens (tertiary/aromatic N) is 2. The highest BCUT2D eigenvalue weighted by molar-refractivity contribution is 7.71. The summed E-state index contributed by atoms with van der Waals surface area (Å²) in [5.74, 6) is 0. The molecule has 3 nitrogen and oxygen atoms in total. The molecule has 5 heteroatoms. The number of nitrogens with one attached hydrogen (secondary N) is 1. The Morgan fingerprint density at radius 2 is 2.23 bits per heavy atom. The molecule has 0 bridgehead atoms. The molecule has 0 aliphatic heterocycles. The van der Waals surface area contributed by atoms with E-state index >= 15 is 0 Å². The van der Waals surface area contributed by atoms with Gasteiger partial charge in [-0.15, -0.1) is 5.10 Å². The summed E-state index contributed by atoms with van der Waals surface area (Å²) < 4.78 is 3.83. The van der Waals surface area contributed by atoms with E-state index < -0.39 is 0 Å². The topological polar surface area (TPSA) is 33.1 Å². The first-order valence-electron chi connectivity index (χ1n) is 3.81. The van der Waals surface area contributed by atoms with E-state index in [1.54, 1.807) is 11.3 Å². The lowest BCUT2D eigenvalue weighted by Gasteiger charge is -1.86. The van der Waals surface area contributed by atoms with Crippen LogP contribution >= 0.6 is 23.6 Å². The summed E-state index contributed by atoms with van der Waals surface area (Å²) in [5.41, 5.74) is 1.13. The van der Waals surface area contributed by atoms with Crippen LogP contribution in [0.25, 0.3) is 15.2 Å². The van der Waals surface area contributed by atoms with Gasteiger partial charge in [-0.3, -0.25) is 9.50 Å². The van der Waals surface area contributed by atoms with Crippen LogP contribution in [0, 0.1) is 4.77 Å². The van der Waals surface area contributed by atoms with Crippen LogP contribution < -0.4 is 0 Å². The Hall–Kier alpha value is -1.20. The van der Waals surface area contributed by atoms with Gasteiger partial charge in [-0.1, -0.05) is 23.5 Å². The number of fused-ring (bicyclic) bond motifs is 3. The number of aromatic amines is 1. The molecule has 0 amide bonds. The maximum absolute atomic E-state index is 5.12. The summed E-state index contributed by atoms with van der Waals surface area (Å²) in [7, 11) is 0. The number of rotatable bonds is 0. The summed E-state index contributed by atoms with van der Waals surface area (Å²) in [6.45, 7) is 0. The van der Waals surface area contributed by atoms with Gasteiger partial charge in [0, 0.05) is 0 Å². The third kappa shape index (κ3) is 0.882. The summed E-state index contributed by atoms with van der Waals surface area (Å²) in [4.78, 5) is 0.922. The van der Waals surface area contributed by atoms with Crippen LogP contribution in [-0.4, -0.2) is 14.6 Å². The molecule has 1 N–H and O–H groups in total. The first-order valence-corrected chi connectivity index (χ1v) is 5.03. The molecule has 3 aromatic rings. The number of hydrogen-bond donors (Lipinski definition) is 1. The zero-order chi connectivity index (χ0) is 8.84. The third-order valence-corrected chi connectivity index (χ3v) is 3.24. The van der Waals surface area contributed by atoms with Gasteiger partial charge in [-0.2, -0.15) is 0 Å². The highest BCUT2D eigenvalue weighted by atomic mass is 32.1. The van der Waals surface area contributed by atoms with E-state index in [0.717, 1.165) is 10.5 Å². The Morgan fingerprint density at radius 1 is 1.38 bits per heavy atom. The predicted octanol–water partition coefficient (Wildman–Crippen LogP) is 2.61. The number of hydrogen-bond acceptors (Lipinski definition) is 3. The maximum Gasteiger partial charge on any atom is 0.215 e. The van der Waals surface area contributed by atoms with Crippen LogP contribution in [0.4, 0.5) is 0 Å². The first-order chi connectivity index (χ1) is 6.36. The van der Waals surface area contributed by atoms with Gasteiger partial charge in [-0.25, -0.2) is 0 Å². The second-order valence-electron chi connectivity index (χ2n) is 2.72. The van der Waals surface area contributed by atoms with Crippen LogP contribution in [0.3, 0.4) is 0 Å². The SMILES string of the molecule is S=c1[nH]nc2sc3ccccc3n12. The summed E-state index contributed by atoms with van der Waals surface area (Å²) in [6.07, 6.45) is 0. The van der Waals surface area contributed by atoms with Crippen molar-refractivity contribution in [1.82, 2.24) is 14.6 Å². The van der Waals surface area contributed by atoms with Gasteiger partial charge >= 0.3 is 0 Å². The average molecular weight is 207 g/mol. The van der Waals surface area contributed by atoms with Crippen molar-refractivity contribution in [2.75, 3.05) is 0 Å². The highest BCUT2D eigenvalue weighted by Gasteiger charge is 2.05. The van der Waals surface area contributed by atoms with Crippen LogP contribution in [-0.2, 0) is 0 Å².